The van der Waals surface area contributed by atoms with Crippen molar-refractivity contribution < 1.29 is 19.4 Å². The van der Waals surface area contributed by atoms with Crippen LogP contribution in [0.25, 0.3) is 0 Å². The van der Waals surface area contributed by atoms with Crippen LogP contribution >= 0.6 is 23.2 Å². The van der Waals surface area contributed by atoms with Gasteiger partial charge < -0.3 is 20.5 Å². The molecule has 0 saturated heterocycles. The Morgan fingerprint density at radius 3 is 2.85 bits per heavy atom. The maximum absolute atomic E-state index is 11.9. The van der Waals surface area contributed by atoms with Crippen molar-refractivity contribution >= 4 is 46.7 Å². The molecule has 2 rings (SSSR count). The van der Waals surface area contributed by atoms with Crippen molar-refractivity contribution in [1.29, 1.82) is 5.41 Å². The quantitative estimate of drug-likeness (QED) is 0.405. The first-order chi connectivity index (χ1) is 12.9. The van der Waals surface area contributed by atoms with E-state index in [1.165, 1.54) is 6.20 Å². The molecule has 144 valence electrons. The molecule has 0 atom stereocenters. The Kier molecular flexibility index (Phi) is 7.59. The van der Waals surface area contributed by atoms with Crippen LogP contribution in [0.3, 0.4) is 0 Å². The van der Waals surface area contributed by atoms with Gasteiger partial charge in [0.05, 0.1) is 16.7 Å². The molecule has 5 N–H and O–H groups in total. The number of amides is 1. The Balaban J connectivity index is 1.93. The smallest absolute Gasteiger partial charge is 0.329 e. The van der Waals surface area contributed by atoms with Crippen LogP contribution in [-0.2, 0) is 20.9 Å². The number of guanidine groups is 1. The molecule has 1 amide bonds. The van der Waals surface area contributed by atoms with Gasteiger partial charge in [0.2, 0.25) is 5.96 Å². The molecule has 1 aromatic rings. The third-order valence-corrected chi connectivity index (χ3v) is 3.99. The monoisotopic (exact) mass is 413 g/mol. The zero-order valence-electron chi connectivity index (χ0n) is 14.0. The van der Waals surface area contributed by atoms with Crippen LogP contribution in [0.2, 0.25) is 10.0 Å². The molecule has 1 aromatic carbocycles. The zero-order valence-corrected chi connectivity index (χ0v) is 15.5. The summed E-state index contributed by atoms with van der Waals surface area (Å²) in [5.74, 6) is -1.46. The minimum atomic E-state index is -1.05. The van der Waals surface area contributed by atoms with E-state index >= 15 is 0 Å². The molecule has 0 radical (unpaired) electrons. The lowest BCUT2D eigenvalue weighted by atomic mass is 10.2. The Hall–Kier alpha value is -2.62. The first-order valence-corrected chi connectivity index (χ1v) is 8.52. The van der Waals surface area contributed by atoms with Gasteiger partial charge in [0, 0.05) is 19.3 Å². The highest BCUT2D eigenvalue weighted by Crippen LogP contribution is 2.22. The summed E-state index contributed by atoms with van der Waals surface area (Å²) in [6.45, 7) is 0.402. The summed E-state index contributed by atoms with van der Waals surface area (Å²) in [5.41, 5.74) is 0.670. The van der Waals surface area contributed by atoms with E-state index in [1.54, 1.807) is 18.2 Å². The summed E-state index contributed by atoms with van der Waals surface area (Å²) in [6.07, 6.45) is 1.39. The number of ether oxygens (including phenoxy) is 1. The normalized spacial score (nSPS) is 15.3. The molecule has 11 heteroatoms. The molecular formula is C16H17Cl2N5O4. The molecular weight excluding hydrogens is 397 g/mol. The summed E-state index contributed by atoms with van der Waals surface area (Å²) in [5, 5.41) is 25.3. The number of nitrogens with one attached hydrogen (secondary N) is 4. The Morgan fingerprint density at radius 1 is 1.37 bits per heavy atom. The van der Waals surface area contributed by atoms with Crippen molar-refractivity contribution in [1.82, 2.24) is 16.0 Å². The van der Waals surface area contributed by atoms with Gasteiger partial charge >= 0.3 is 5.97 Å². The number of carboxylic acids is 1. The SMILES string of the molecule is N=C1C(=O)NC(NCc2ccc(Cl)c(Cl)c2)=N/C1=C/NCCOCC(=O)O. The lowest BCUT2D eigenvalue weighted by Gasteiger charge is -2.17. The second-order valence-corrected chi connectivity index (χ2v) is 6.14. The number of benzene rings is 1. The van der Waals surface area contributed by atoms with Gasteiger partial charge in [0.15, 0.2) is 0 Å². The number of hydrogen-bond donors (Lipinski definition) is 5. The van der Waals surface area contributed by atoms with Crippen LogP contribution in [0.4, 0.5) is 0 Å². The van der Waals surface area contributed by atoms with Gasteiger partial charge in [0.1, 0.15) is 18.0 Å². The van der Waals surface area contributed by atoms with Crippen LogP contribution in [0, 0.1) is 5.41 Å². The highest BCUT2D eigenvalue weighted by atomic mass is 35.5. The topological polar surface area (TPSA) is 136 Å². The van der Waals surface area contributed by atoms with Crippen molar-refractivity contribution in [2.75, 3.05) is 19.8 Å². The van der Waals surface area contributed by atoms with Gasteiger partial charge in [-0.15, -0.1) is 0 Å². The van der Waals surface area contributed by atoms with E-state index in [-0.39, 0.29) is 24.0 Å². The number of carbonyl (C=O) groups excluding carboxylic acids is 1. The first kappa shape index (κ1) is 20.7. The standard InChI is InChI=1S/C16H17Cl2N5O4/c17-10-2-1-9(5-11(10)18)6-21-16-22-12(14(19)15(26)23-16)7-20-3-4-27-8-13(24)25/h1-2,5,7,19-20H,3-4,6,8H2,(H,24,25)(H2,21,22,23,26)/b12-7+,19-14?. The Bertz CT molecular complexity index is 810. The van der Waals surface area contributed by atoms with Crippen LogP contribution in [-0.4, -0.2) is 48.4 Å². The predicted molar refractivity (Wildman–Crippen MR) is 101 cm³/mol. The third-order valence-electron chi connectivity index (χ3n) is 3.25. The van der Waals surface area contributed by atoms with E-state index in [4.69, 9.17) is 38.5 Å². The van der Waals surface area contributed by atoms with E-state index in [0.717, 1.165) is 5.56 Å². The molecule has 9 nitrogen and oxygen atoms in total. The fraction of sp³-hybridized carbons (Fsp3) is 0.250. The molecule has 1 aliphatic rings. The molecule has 0 saturated carbocycles. The van der Waals surface area contributed by atoms with E-state index in [2.05, 4.69) is 20.9 Å². The Morgan fingerprint density at radius 2 is 2.15 bits per heavy atom. The second-order valence-electron chi connectivity index (χ2n) is 5.32. The summed E-state index contributed by atoms with van der Waals surface area (Å²) in [7, 11) is 0. The molecule has 0 spiro atoms. The van der Waals surface area contributed by atoms with Gasteiger partial charge in [0.25, 0.3) is 5.91 Å². The van der Waals surface area contributed by atoms with E-state index in [9.17, 15) is 9.59 Å². The van der Waals surface area contributed by atoms with Gasteiger partial charge in [-0.1, -0.05) is 29.3 Å². The average molecular weight is 414 g/mol. The van der Waals surface area contributed by atoms with Crippen LogP contribution < -0.4 is 16.0 Å². The lowest BCUT2D eigenvalue weighted by Crippen LogP contribution is -2.47. The lowest BCUT2D eigenvalue weighted by molar-refractivity contribution is -0.142. The number of aliphatic carboxylic acids is 1. The largest absolute Gasteiger partial charge is 0.480 e. The van der Waals surface area contributed by atoms with Crippen molar-refractivity contribution in [3.63, 3.8) is 0 Å². The molecule has 0 unspecified atom stereocenters. The second kappa shape index (κ2) is 9.91. The van der Waals surface area contributed by atoms with Crippen molar-refractivity contribution in [2.24, 2.45) is 4.99 Å². The molecule has 0 aliphatic carbocycles. The number of carboxylic acid groups (broad SMARTS) is 1. The fourth-order valence-corrected chi connectivity index (χ4v) is 2.29. The summed E-state index contributed by atoms with van der Waals surface area (Å²) in [6, 6.07) is 5.14. The molecule has 0 fully saturated rings. The van der Waals surface area contributed by atoms with Crippen LogP contribution in [0.1, 0.15) is 5.56 Å². The number of aliphatic imine (C=N–C) groups is 1. The number of hydrogen-bond acceptors (Lipinski definition) is 7. The zero-order chi connectivity index (χ0) is 19.8. The van der Waals surface area contributed by atoms with E-state index in [0.29, 0.717) is 23.1 Å². The minimum Gasteiger partial charge on any atom is -0.480 e. The molecule has 1 heterocycles. The summed E-state index contributed by atoms with van der Waals surface area (Å²) >= 11 is 11.8. The summed E-state index contributed by atoms with van der Waals surface area (Å²) < 4.78 is 4.87. The van der Waals surface area contributed by atoms with Gasteiger partial charge in [-0.3, -0.25) is 15.5 Å². The Labute approximate surface area is 164 Å². The van der Waals surface area contributed by atoms with Gasteiger partial charge in [-0.25, -0.2) is 9.79 Å². The maximum atomic E-state index is 11.9. The van der Waals surface area contributed by atoms with Crippen molar-refractivity contribution in [3.05, 3.63) is 45.7 Å². The van der Waals surface area contributed by atoms with Crippen molar-refractivity contribution in [2.45, 2.75) is 6.54 Å². The molecule has 0 bridgehead atoms. The van der Waals surface area contributed by atoms with Gasteiger partial charge in [-0.2, -0.15) is 0 Å². The summed E-state index contributed by atoms with van der Waals surface area (Å²) in [4.78, 5) is 26.4. The number of nitrogens with zero attached hydrogens (tertiary/aromatic N) is 1. The maximum Gasteiger partial charge on any atom is 0.329 e. The third kappa shape index (κ3) is 6.55. The highest BCUT2D eigenvalue weighted by molar-refractivity contribution is 6.47. The average Bonchev–Trinajstić information content (AvgIpc) is 2.62. The van der Waals surface area contributed by atoms with Crippen LogP contribution in [0.15, 0.2) is 35.1 Å². The minimum absolute atomic E-state index is 0.133. The van der Waals surface area contributed by atoms with E-state index in [1.807, 2.05) is 0 Å². The number of rotatable bonds is 8. The number of carbonyl (C=O) groups is 2. The molecule has 0 aromatic heterocycles. The molecule has 1 aliphatic heterocycles. The van der Waals surface area contributed by atoms with Crippen molar-refractivity contribution in [3.8, 4) is 0 Å². The van der Waals surface area contributed by atoms with Gasteiger partial charge in [-0.05, 0) is 17.7 Å². The molecule has 27 heavy (non-hydrogen) atoms. The number of halogens is 2. The van der Waals surface area contributed by atoms with E-state index < -0.39 is 18.5 Å². The highest BCUT2D eigenvalue weighted by Gasteiger charge is 2.22. The fourth-order valence-electron chi connectivity index (χ4n) is 1.97. The first-order valence-electron chi connectivity index (χ1n) is 7.76. The van der Waals surface area contributed by atoms with Crippen LogP contribution in [0.5, 0.6) is 0 Å². The predicted octanol–water partition coefficient (Wildman–Crippen LogP) is 1.12.